The summed E-state index contributed by atoms with van der Waals surface area (Å²) in [6, 6.07) is 12.1. The summed E-state index contributed by atoms with van der Waals surface area (Å²) in [5, 5.41) is 0. The molecule has 1 aromatic carbocycles. The number of benzene rings is 1. The van der Waals surface area contributed by atoms with Crippen LogP contribution < -0.4 is 0 Å². The Labute approximate surface area is 175 Å². The average molecular weight is 398 g/mol. The summed E-state index contributed by atoms with van der Waals surface area (Å²) < 4.78 is 0. The molecule has 4 atom stereocenters. The van der Waals surface area contributed by atoms with Crippen molar-refractivity contribution in [2.24, 2.45) is 11.8 Å². The summed E-state index contributed by atoms with van der Waals surface area (Å²) in [5.74, 6) is 1.38. The third-order valence-corrected chi connectivity index (χ3v) is 7.23. The van der Waals surface area contributed by atoms with Gasteiger partial charge in [0.25, 0.3) is 0 Å². The van der Waals surface area contributed by atoms with Crippen molar-refractivity contribution in [1.29, 1.82) is 0 Å². The normalized spacial score (nSPS) is 29.2. The highest BCUT2D eigenvalue weighted by molar-refractivity contribution is 5.83. The molecule has 2 bridgehead atoms. The van der Waals surface area contributed by atoms with E-state index in [2.05, 4.69) is 40.1 Å². The van der Waals surface area contributed by atoms with E-state index in [1.54, 1.807) is 19.0 Å². The number of hydrogen-bond acceptors (Lipinski definition) is 3. The van der Waals surface area contributed by atoms with Crippen molar-refractivity contribution < 1.29 is 9.59 Å². The summed E-state index contributed by atoms with van der Waals surface area (Å²) in [5.41, 5.74) is 1.44. The molecule has 158 valence electrons. The maximum Gasteiger partial charge on any atom is 0.223 e. The quantitative estimate of drug-likeness (QED) is 0.767. The van der Waals surface area contributed by atoms with Gasteiger partial charge >= 0.3 is 0 Å². The van der Waals surface area contributed by atoms with Crippen molar-refractivity contribution in [3.05, 3.63) is 35.9 Å². The van der Waals surface area contributed by atoms with Crippen LogP contribution >= 0.6 is 0 Å². The lowest BCUT2D eigenvalue weighted by Crippen LogP contribution is -2.62. The van der Waals surface area contributed by atoms with E-state index in [1.165, 1.54) is 31.2 Å². The standard InChI is InChI=1S/C24H35N3O2/c1-25(2)23(28)11-12-24(29)26-15-19-13-20(17-26)22-10-6-9-21(27(22)16-19)14-18-7-4-3-5-8-18/h3-5,7-8,19-22H,6,9-17H2,1-2H3/t19-,20+,21+,22-/m0/s1. The fourth-order valence-corrected chi connectivity index (χ4v) is 5.82. The van der Waals surface area contributed by atoms with Crippen LogP contribution in [0.25, 0.3) is 0 Å². The van der Waals surface area contributed by atoms with Gasteiger partial charge in [-0.25, -0.2) is 0 Å². The molecule has 3 aliphatic rings. The van der Waals surface area contributed by atoms with Gasteiger partial charge in [0.15, 0.2) is 0 Å². The predicted molar refractivity (Wildman–Crippen MR) is 114 cm³/mol. The largest absolute Gasteiger partial charge is 0.349 e. The molecule has 5 nitrogen and oxygen atoms in total. The van der Waals surface area contributed by atoms with Gasteiger partial charge < -0.3 is 9.80 Å². The van der Waals surface area contributed by atoms with Gasteiger partial charge in [-0.2, -0.15) is 0 Å². The van der Waals surface area contributed by atoms with Gasteiger partial charge in [-0.15, -0.1) is 0 Å². The van der Waals surface area contributed by atoms with Crippen molar-refractivity contribution in [1.82, 2.24) is 14.7 Å². The van der Waals surface area contributed by atoms with E-state index in [0.717, 1.165) is 26.1 Å². The summed E-state index contributed by atoms with van der Waals surface area (Å²) >= 11 is 0. The molecule has 3 saturated heterocycles. The Bertz CT molecular complexity index is 720. The summed E-state index contributed by atoms with van der Waals surface area (Å²) in [4.78, 5) is 31.1. The first-order valence-corrected chi connectivity index (χ1v) is 11.3. The van der Waals surface area contributed by atoms with Crippen LogP contribution in [0.5, 0.6) is 0 Å². The lowest BCUT2D eigenvalue weighted by Gasteiger charge is -2.55. The molecule has 1 aromatic rings. The zero-order valence-electron chi connectivity index (χ0n) is 17.9. The van der Waals surface area contributed by atoms with Crippen LogP contribution in [-0.2, 0) is 16.0 Å². The summed E-state index contributed by atoms with van der Waals surface area (Å²) in [6.45, 7) is 2.87. The third kappa shape index (κ3) is 4.66. The van der Waals surface area contributed by atoms with Crippen LogP contribution in [0.2, 0.25) is 0 Å². The monoisotopic (exact) mass is 397 g/mol. The average Bonchev–Trinajstić information content (AvgIpc) is 2.73. The molecule has 0 radical (unpaired) electrons. The highest BCUT2D eigenvalue weighted by Crippen LogP contribution is 2.40. The maximum atomic E-state index is 12.8. The molecule has 0 N–H and O–H groups in total. The molecule has 5 heteroatoms. The fraction of sp³-hybridized carbons (Fsp3) is 0.667. The molecular formula is C24H35N3O2. The summed E-state index contributed by atoms with van der Waals surface area (Å²) in [7, 11) is 3.50. The highest BCUT2D eigenvalue weighted by atomic mass is 16.2. The van der Waals surface area contributed by atoms with E-state index in [0.29, 0.717) is 36.8 Å². The van der Waals surface area contributed by atoms with Crippen LogP contribution in [0.3, 0.4) is 0 Å². The van der Waals surface area contributed by atoms with E-state index in [-0.39, 0.29) is 11.8 Å². The zero-order chi connectivity index (χ0) is 20.4. The SMILES string of the molecule is CN(C)C(=O)CCC(=O)N1C[C@@H]2C[C@H](C1)[C@@H]1CCC[C@H](Cc3ccccc3)N1C2. The Balaban J connectivity index is 1.38. The zero-order valence-corrected chi connectivity index (χ0v) is 17.9. The molecule has 0 aliphatic carbocycles. The molecule has 3 heterocycles. The minimum absolute atomic E-state index is 0.0396. The Kier molecular flexibility index (Phi) is 6.23. The molecule has 0 saturated carbocycles. The van der Waals surface area contributed by atoms with Crippen molar-refractivity contribution in [2.75, 3.05) is 33.7 Å². The topological polar surface area (TPSA) is 43.9 Å². The Morgan fingerprint density at radius 1 is 1.03 bits per heavy atom. The second-order valence-electron chi connectivity index (χ2n) is 9.49. The molecule has 3 fully saturated rings. The number of hydrogen-bond donors (Lipinski definition) is 0. The first-order chi connectivity index (χ1) is 14.0. The number of amides is 2. The van der Waals surface area contributed by atoms with E-state index in [9.17, 15) is 9.59 Å². The Morgan fingerprint density at radius 2 is 1.83 bits per heavy atom. The fourth-order valence-electron chi connectivity index (χ4n) is 5.82. The molecule has 29 heavy (non-hydrogen) atoms. The molecule has 0 spiro atoms. The van der Waals surface area contributed by atoms with E-state index in [4.69, 9.17) is 0 Å². The Hall–Kier alpha value is -1.88. The molecule has 0 unspecified atom stereocenters. The van der Waals surface area contributed by atoms with Gasteiger partial charge in [0.2, 0.25) is 11.8 Å². The minimum Gasteiger partial charge on any atom is -0.349 e. The molecular weight excluding hydrogens is 362 g/mol. The second kappa shape index (κ2) is 8.86. The van der Waals surface area contributed by atoms with Crippen molar-refractivity contribution in [2.45, 2.75) is 57.0 Å². The van der Waals surface area contributed by atoms with Gasteiger partial charge in [0.1, 0.15) is 0 Å². The number of carbonyl (C=O) groups is 2. The second-order valence-corrected chi connectivity index (χ2v) is 9.49. The first kappa shape index (κ1) is 20.4. The van der Waals surface area contributed by atoms with E-state index < -0.39 is 0 Å². The number of piperidine rings is 3. The van der Waals surface area contributed by atoms with E-state index in [1.807, 2.05) is 0 Å². The van der Waals surface area contributed by atoms with Crippen LogP contribution in [-0.4, -0.2) is 72.3 Å². The molecule has 0 aromatic heterocycles. The summed E-state index contributed by atoms with van der Waals surface area (Å²) in [6.07, 6.45) is 6.94. The highest BCUT2D eigenvalue weighted by Gasteiger charge is 2.45. The molecule has 4 rings (SSSR count). The van der Waals surface area contributed by atoms with Crippen LogP contribution in [0.4, 0.5) is 0 Å². The van der Waals surface area contributed by atoms with Crippen LogP contribution in [0.1, 0.15) is 44.1 Å². The minimum atomic E-state index is 0.0396. The number of carbonyl (C=O) groups excluding carboxylic acids is 2. The molecule has 3 aliphatic heterocycles. The lowest BCUT2D eigenvalue weighted by molar-refractivity contribution is -0.141. The van der Waals surface area contributed by atoms with Gasteiger partial charge in [-0.1, -0.05) is 36.8 Å². The smallest absolute Gasteiger partial charge is 0.223 e. The van der Waals surface area contributed by atoms with Gasteiger partial charge in [-0.05, 0) is 43.1 Å². The number of fused-ring (bicyclic) bond motifs is 4. The Morgan fingerprint density at radius 3 is 2.59 bits per heavy atom. The van der Waals surface area contributed by atoms with Crippen molar-refractivity contribution in [3.8, 4) is 0 Å². The maximum absolute atomic E-state index is 12.8. The number of likely N-dealkylation sites (tertiary alicyclic amines) is 1. The van der Waals surface area contributed by atoms with Gasteiger partial charge in [0, 0.05) is 58.7 Å². The van der Waals surface area contributed by atoms with Crippen molar-refractivity contribution in [3.63, 3.8) is 0 Å². The first-order valence-electron chi connectivity index (χ1n) is 11.3. The van der Waals surface area contributed by atoms with Crippen LogP contribution in [0.15, 0.2) is 30.3 Å². The van der Waals surface area contributed by atoms with E-state index >= 15 is 0 Å². The predicted octanol–water partition coefficient (Wildman–Crippen LogP) is 2.80. The third-order valence-electron chi connectivity index (χ3n) is 7.23. The lowest BCUT2D eigenvalue weighted by atomic mass is 9.74. The van der Waals surface area contributed by atoms with Crippen molar-refractivity contribution >= 4 is 11.8 Å². The van der Waals surface area contributed by atoms with Gasteiger partial charge in [0.05, 0.1) is 0 Å². The van der Waals surface area contributed by atoms with Gasteiger partial charge in [-0.3, -0.25) is 14.5 Å². The number of nitrogens with zero attached hydrogens (tertiary/aromatic N) is 3. The van der Waals surface area contributed by atoms with Crippen LogP contribution in [0, 0.1) is 11.8 Å². The molecule has 2 amide bonds. The number of rotatable bonds is 5.